The molecule has 0 atom stereocenters. The molecule has 5 rings (SSSR count). The summed E-state index contributed by atoms with van der Waals surface area (Å²) in [4.78, 5) is 25.9. The van der Waals surface area contributed by atoms with Crippen molar-refractivity contribution in [1.82, 2.24) is 9.88 Å². The van der Waals surface area contributed by atoms with Gasteiger partial charge >= 0.3 is 12.1 Å². The molecular weight excluding hydrogens is 504 g/mol. The van der Waals surface area contributed by atoms with Crippen molar-refractivity contribution in [2.75, 3.05) is 6.61 Å². The Bertz CT molecular complexity index is 1550. The third kappa shape index (κ3) is 5.64. The zero-order chi connectivity index (χ0) is 28.4. The molecular formula is C33H38N2O5. The Morgan fingerprint density at radius 3 is 2.42 bits per heavy atom. The van der Waals surface area contributed by atoms with E-state index in [1.54, 1.807) is 6.92 Å². The second kappa shape index (κ2) is 11.2. The highest BCUT2D eigenvalue weighted by atomic mass is 16.6. The summed E-state index contributed by atoms with van der Waals surface area (Å²) in [5, 5.41) is 5.82. The van der Waals surface area contributed by atoms with Gasteiger partial charge in [0, 0.05) is 24.1 Å². The summed E-state index contributed by atoms with van der Waals surface area (Å²) in [6.45, 7) is 7.58. The van der Waals surface area contributed by atoms with Crippen molar-refractivity contribution in [2.24, 2.45) is 7.05 Å². The maximum Gasteiger partial charge on any atom is 0.407 e. The van der Waals surface area contributed by atoms with Crippen LogP contribution in [-0.4, -0.2) is 34.9 Å². The number of benzene rings is 3. The van der Waals surface area contributed by atoms with E-state index in [1.165, 1.54) is 0 Å². The zero-order valence-electron chi connectivity index (χ0n) is 24.0. The number of carbonyl (C=O) groups excluding carboxylic acids is 2. The third-order valence-electron chi connectivity index (χ3n) is 7.38. The number of carbonyl (C=O) groups is 2. The van der Waals surface area contributed by atoms with Gasteiger partial charge in [-0.2, -0.15) is 0 Å². The molecule has 0 bridgehead atoms. The topological polar surface area (TPSA) is 78.8 Å². The van der Waals surface area contributed by atoms with Crippen molar-refractivity contribution < 1.29 is 23.8 Å². The average molecular weight is 543 g/mol. The summed E-state index contributed by atoms with van der Waals surface area (Å²) >= 11 is 0. The van der Waals surface area contributed by atoms with Crippen LogP contribution in [0.3, 0.4) is 0 Å². The SMILES string of the molecule is CCOC(=O)c1c(CNC(=O)OC(C)(C)C)n(C)c2cc(OC3CCCC3)c(-c3cccc4ccccc34)cc12. The van der Waals surface area contributed by atoms with Crippen LogP contribution in [0, 0.1) is 0 Å². The van der Waals surface area contributed by atoms with E-state index in [-0.39, 0.29) is 19.3 Å². The summed E-state index contributed by atoms with van der Waals surface area (Å²) in [5.74, 6) is 0.362. The van der Waals surface area contributed by atoms with E-state index in [0.29, 0.717) is 11.3 Å². The van der Waals surface area contributed by atoms with Gasteiger partial charge in [0.2, 0.25) is 0 Å². The number of ether oxygens (including phenoxy) is 3. The molecule has 0 radical (unpaired) electrons. The van der Waals surface area contributed by atoms with Crippen LogP contribution < -0.4 is 10.1 Å². The summed E-state index contributed by atoms with van der Waals surface area (Å²) in [5.41, 5.74) is 3.25. The molecule has 0 saturated heterocycles. The normalized spacial score (nSPS) is 14.0. The second-order valence-electron chi connectivity index (χ2n) is 11.4. The van der Waals surface area contributed by atoms with Gasteiger partial charge in [0.25, 0.3) is 0 Å². The smallest absolute Gasteiger partial charge is 0.407 e. The molecule has 1 saturated carbocycles. The summed E-state index contributed by atoms with van der Waals surface area (Å²) < 4.78 is 19.5. The number of aromatic nitrogens is 1. The van der Waals surface area contributed by atoms with Crippen LogP contribution in [0.15, 0.2) is 54.6 Å². The van der Waals surface area contributed by atoms with Crippen LogP contribution in [-0.2, 0) is 23.1 Å². The number of hydrogen-bond acceptors (Lipinski definition) is 5. The van der Waals surface area contributed by atoms with Crippen LogP contribution in [0.5, 0.6) is 5.75 Å². The van der Waals surface area contributed by atoms with Crippen molar-refractivity contribution in [1.29, 1.82) is 0 Å². The number of esters is 1. The minimum absolute atomic E-state index is 0.108. The largest absolute Gasteiger partial charge is 0.490 e. The highest BCUT2D eigenvalue weighted by molar-refractivity contribution is 6.09. The monoisotopic (exact) mass is 542 g/mol. The van der Waals surface area contributed by atoms with E-state index in [1.807, 2.05) is 56.7 Å². The van der Waals surface area contributed by atoms with Gasteiger partial charge in [-0.15, -0.1) is 0 Å². The second-order valence-corrected chi connectivity index (χ2v) is 11.4. The third-order valence-corrected chi connectivity index (χ3v) is 7.38. The lowest BCUT2D eigenvalue weighted by atomic mass is 9.95. The van der Waals surface area contributed by atoms with Crippen molar-refractivity contribution in [2.45, 2.75) is 71.6 Å². The molecule has 40 heavy (non-hydrogen) atoms. The summed E-state index contributed by atoms with van der Waals surface area (Å²) in [6, 6.07) is 18.6. The molecule has 7 nitrogen and oxygen atoms in total. The Kier molecular flexibility index (Phi) is 7.74. The van der Waals surface area contributed by atoms with Gasteiger partial charge in [-0.1, -0.05) is 42.5 Å². The molecule has 7 heteroatoms. The molecule has 0 aliphatic heterocycles. The van der Waals surface area contributed by atoms with Crippen LogP contribution in [0.4, 0.5) is 4.79 Å². The average Bonchev–Trinajstić information content (AvgIpc) is 3.52. The molecule has 1 aliphatic carbocycles. The molecule has 1 heterocycles. The number of aryl methyl sites for hydroxylation is 1. The molecule has 0 unspecified atom stereocenters. The van der Waals surface area contributed by atoms with Crippen LogP contribution in [0.25, 0.3) is 32.8 Å². The molecule has 1 aliphatic rings. The van der Waals surface area contributed by atoms with Gasteiger partial charge in [-0.05, 0) is 75.8 Å². The fourth-order valence-corrected chi connectivity index (χ4v) is 5.58. The molecule has 1 N–H and O–H groups in total. The summed E-state index contributed by atoms with van der Waals surface area (Å²) in [6.07, 6.45) is 3.99. The van der Waals surface area contributed by atoms with E-state index in [0.717, 1.165) is 64.2 Å². The number of fused-ring (bicyclic) bond motifs is 2. The first-order chi connectivity index (χ1) is 19.2. The van der Waals surface area contributed by atoms with Crippen molar-refractivity contribution in [3.8, 4) is 16.9 Å². The van der Waals surface area contributed by atoms with Crippen molar-refractivity contribution in [3.05, 3.63) is 65.9 Å². The highest BCUT2D eigenvalue weighted by Gasteiger charge is 2.27. The minimum atomic E-state index is -0.632. The number of alkyl carbamates (subject to hydrolysis) is 1. The zero-order valence-corrected chi connectivity index (χ0v) is 24.0. The fraction of sp³-hybridized carbons (Fsp3) is 0.394. The lowest BCUT2D eigenvalue weighted by Gasteiger charge is -2.20. The Labute approximate surface area is 235 Å². The lowest BCUT2D eigenvalue weighted by molar-refractivity contribution is 0.0502. The molecule has 3 aromatic carbocycles. The van der Waals surface area contributed by atoms with Gasteiger partial charge in [0.15, 0.2) is 0 Å². The Hall–Kier alpha value is -4.00. The first-order valence-electron chi connectivity index (χ1n) is 14.1. The van der Waals surface area contributed by atoms with Crippen molar-refractivity contribution in [3.63, 3.8) is 0 Å². The standard InChI is InChI=1S/C33H38N2O5/c1-6-38-31(36)30-26-18-25(24-17-11-13-21-12-7-10-16-23(21)24)29(39-22-14-8-9-15-22)19-27(26)35(5)28(30)20-34-32(37)40-33(2,3)4/h7,10-13,16-19,22H,6,8-9,14-15,20H2,1-5H3,(H,34,37). The number of nitrogens with one attached hydrogen (secondary N) is 1. The maximum absolute atomic E-state index is 13.4. The number of hydrogen-bond donors (Lipinski definition) is 1. The number of nitrogens with zero attached hydrogens (tertiary/aromatic N) is 1. The fourth-order valence-electron chi connectivity index (χ4n) is 5.58. The van der Waals surface area contributed by atoms with Crippen LogP contribution in [0.1, 0.15) is 69.4 Å². The molecule has 210 valence electrons. The summed E-state index contributed by atoms with van der Waals surface area (Å²) in [7, 11) is 1.90. The van der Waals surface area contributed by atoms with E-state index in [2.05, 4.69) is 35.6 Å². The van der Waals surface area contributed by atoms with E-state index >= 15 is 0 Å². The van der Waals surface area contributed by atoms with Gasteiger partial charge in [0.05, 0.1) is 36.0 Å². The predicted octanol–water partition coefficient (Wildman–Crippen LogP) is 7.52. The number of amides is 1. The quantitative estimate of drug-likeness (QED) is 0.244. The van der Waals surface area contributed by atoms with Gasteiger partial charge in [0.1, 0.15) is 11.4 Å². The Morgan fingerprint density at radius 2 is 1.70 bits per heavy atom. The van der Waals surface area contributed by atoms with Crippen LogP contribution in [0.2, 0.25) is 0 Å². The predicted molar refractivity (Wildman–Crippen MR) is 158 cm³/mol. The van der Waals surface area contributed by atoms with Crippen molar-refractivity contribution >= 4 is 33.7 Å². The van der Waals surface area contributed by atoms with E-state index in [9.17, 15) is 9.59 Å². The lowest BCUT2D eigenvalue weighted by Crippen LogP contribution is -2.33. The van der Waals surface area contributed by atoms with Gasteiger partial charge in [-0.25, -0.2) is 9.59 Å². The number of rotatable bonds is 7. The molecule has 1 fully saturated rings. The van der Waals surface area contributed by atoms with E-state index < -0.39 is 17.7 Å². The minimum Gasteiger partial charge on any atom is -0.490 e. The molecule has 4 aromatic rings. The molecule has 1 amide bonds. The first-order valence-corrected chi connectivity index (χ1v) is 14.1. The van der Waals surface area contributed by atoms with E-state index in [4.69, 9.17) is 14.2 Å². The van der Waals surface area contributed by atoms with Gasteiger partial charge in [-0.3, -0.25) is 0 Å². The molecule has 1 aromatic heterocycles. The molecule has 0 spiro atoms. The van der Waals surface area contributed by atoms with Crippen LogP contribution >= 0.6 is 0 Å². The maximum atomic E-state index is 13.4. The Balaban J connectivity index is 1.69. The highest BCUT2D eigenvalue weighted by Crippen LogP contribution is 2.41. The first kappa shape index (κ1) is 27.6. The van der Waals surface area contributed by atoms with Gasteiger partial charge < -0.3 is 24.1 Å². The Morgan fingerprint density at radius 1 is 0.975 bits per heavy atom.